The molecule has 0 saturated carbocycles. The van der Waals surface area contributed by atoms with Crippen LogP contribution in [-0.4, -0.2) is 82.4 Å². The topological polar surface area (TPSA) is 77.5 Å². The molecule has 2 fully saturated rings. The molecular weight excluding hydrogens is 604 g/mol. The van der Waals surface area contributed by atoms with E-state index in [1.165, 1.54) is 0 Å². The van der Waals surface area contributed by atoms with Gasteiger partial charge in [0.15, 0.2) is 0 Å². The molecule has 4 rings (SSSR count). The molecule has 2 aliphatic rings. The molecule has 2 aromatic rings. The van der Waals surface area contributed by atoms with Gasteiger partial charge in [-0.3, -0.25) is 19.4 Å². The summed E-state index contributed by atoms with van der Waals surface area (Å²) in [6.45, 7) is 27.3. The highest BCUT2D eigenvalue weighted by Gasteiger charge is 2.49. The van der Waals surface area contributed by atoms with Crippen molar-refractivity contribution in [2.45, 2.75) is 157 Å². The number of nitrogens with zero attached hydrogens (tertiary/aromatic N) is 2. The van der Waals surface area contributed by atoms with Gasteiger partial charge in [0, 0.05) is 30.6 Å². The van der Waals surface area contributed by atoms with Gasteiger partial charge in [0.05, 0.1) is 36.5 Å². The van der Waals surface area contributed by atoms with Crippen molar-refractivity contribution in [2.24, 2.45) is 0 Å². The molecule has 2 aliphatic heterocycles. The number of aryl methyl sites for hydroxylation is 3. The molecule has 6 atom stereocenters. The molecular formula is C40H60N2O6. The lowest BCUT2D eigenvalue weighted by atomic mass is 9.86. The zero-order chi connectivity index (χ0) is 35.7. The Morgan fingerprint density at radius 3 is 1.79 bits per heavy atom. The van der Waals surface area contributed by atoms with Crippen molar-refractivity contribution in [3.8, 4) is 11.5 Å². The van der Waals surface area contributed by atoms with Crippen LogP contribution in [0.2, 0.25) is 0 Å². The smallest absolute Gasteiger partial charge is 0.325 e. The first-order chi connectivity index (χ1) is 22.4. The number of ether oxygens (including phenoxy) is 4. The molecule has 0 aliphatic carbocycles. The second-order valence-corrected chi connectivity index (χ2v) is 15.1. The van der Waals surface area contributed by atoms with E-state index in [0.717, 1.165) is 40.7 Å². The summed E-state index contributed by atoms with van der Waals surface area (Å²) in [5.74, 6) is 0.775. The Morgan fingerprint density at radius 1 is 0.729 bits per heavy atom. The van der Waals surface area contributed by atoms with Gasteiger partial charge in [-0.2, -0.15) is 0 Å². The third-order valence-electron chi connectivity index (χ3n) is 11.2. The molecule has 48 heavy (non-hydrogen) atoms. The monoisotopic (exact) mass is 664 g/mol. The molecule has 2 aromatic carbocycles. The van der Waals surface area contributed by atoms with Crippen LogP contribution in [0.15, 0.2) is 30.3 Å². The molecule has 0 spiro atoms. The van der Waals surface area contributed by atoms with Crippen LogP contribution in [0.1, 0.15) is 104 Å². The van der Waals surface area contributed by atoms with Gasteiger partial charge in [0.25, 0.3) is 0 Å². The summed E-state index contributed by atoms with van der Waals surface area (Å²) in [5, 5.41) is 0. The van der Waals surface area contributed by atoms with E-state index in [9.17, 15) is 9.59 Å². The molecule has 6 unspecified atom stereocenters. The number of carbonyl (C=O) groups excluding carboxylic acids is 2. The van der Waals surface area contributed by atoms with E-state index in [1.807, 2.05) is 32.0 Å². The van der Waals surface area contributed by atoms with Crippen molar-refractivity contribution in [2.75, 3.05) is 13.1 Å². The van der Waals surface area contributed by atoms with Gasteiger partial charge < -0.3 is 18.9 Å². The Morgan fingerprint density at radius 2 is 1.25 bits per heavy atom. The maximum absolute atomic E-state index is 13.7. The average Bonchev–Trinajstić information content (AvgIpc) is 3.01. The fourth-order valence-electron chi connectivity index (χ4n) is 7.59. The summed E-state index contributed by atoms with van der Waals surface area (Å²) in [7, 11) is 0. The first-order valence-corrected chi connectivity index (χ1v) is 17.9. The van der Waals surface area contributed by atoms with E-state index in [-0.39, 0.29) is 61.4 Å². The third kappa shape index (κ3) is 7.99. The van der Waals surface area contributed by atoms with Crippen molar-refractivity contribution in [1.82, 2.24) is 9.80 Å². The predicted octanol–water partition coefficient (Wildman–Crippen LogP) is 7.01. The minimum atomic E-state index is -0.408. The van der Waals surface area contributed by atoms with Gasteiger partial charge in [0.2, 0.25) is 0 Å². The number of esters is 2. The fraction of sp³-hybridized carbons (Fsp3) is 0.650. The summed E-state index contributed by atoms with van der Waals surface area (Å²) < 4.78 is 25.2. The van der Waals surface area contributed by atoms with Crippen molar-refractivity contribution >= 4 is 11.9 Å². The Bertz CT molecular complexity index is 1430. The highest BCUT2D eigenvalue weighted by molar-refractivity contribution is 5.76. The second kappa shape index (κ2) is 15.0. The first kappa shape index (κ1) is 38.0. The van der Waals surface area contributed by atoms with E-state index < -0.39 is 11.2 Å². The van der Waals surface area contributed by atoms with Crippen molar-refractivity contribution < 1.29 is 28.5 Å². The molecule has 8 heteroatoms. The number of hydrogen-bond acceptors (Lipinski definition) is 8. The van der Waals surface area contributed by atoms with E-state index in [1.54, 1.807) is 0 Å². The standard InChI is InChI=1S/C40H60N2O6/c1-14-31-19-20-32(33(15-2)38(31)47-36(44)23-42-29(8)39(10,11)48-40(12,13)30(42)9)21-34-27(6)41(26(5)28(7)45-34)22-35(43)46-37-24(3)17-16-18-25(37)4/h16-20,26-30,34H,14-15,21-23H2,1-13H3. The van der Waals surface area contributed by atoms with Gasteiger partial charge in [-0.15, -0.1) is 0 Å². The Balaban J connectivity index is 1.54. The third-order valence-corrected chi connectivity index (χ3v) is 11.2. The van der Waals surface area contributed by atoms with Crippen molar-refractivity contribution in [3.05, 3.63) is 58.1 Å². The number of benzene rings is 2. The highest BCUT2D eigenvalue weighted by atomic mass is 16.5. The van der Waals surface area contributed by atoms with Gasteiger partial charge >= 0.3 is 11.9 Å². The number of carbonyl (C=O) groups is 2. The van der Waals surface area contributed by atoms with Crippen LogP contribution in [0.3, 0.4) is 0 Å². The second-order valence-electron chi connectivity index (χ2n) is 15.1. The summed E-state index contributed by atoms with van der Waals surface area (Å²) in [6.07, 6.45) is 1.86. The highest BCUT2D eigenvalue weighted by Crippen LogP contribution is 2.38. The van der Waals surface area contributed by atoms with Crippen LogP contribution in [-0.2, 0) is 38.3 Å². The SMILES string of the molecule is CCc1ccc(CC2OC(C)C(C)N(CC(=O)Oc3c(C)cccc3C)C2C)c(CC)c1OC(=O)CN1C(C)C(C)(C)OC(C)(C)C1C. The average molecular weight is 665 g/mol. The van der Waals surface area contributed by atoms with Crippen LogP contribution < -0.4 is 9.47 Å². The molecule has 266 valence electrons. The van der Waals surface area contributed by atoms with Crippen LogP contribution in [0.25, 0.3) is 0 Å². The summed E-state index contributed by atoms with van der Waals surface area (Å²) in [5.41, 5.74) is 4.22. The number of hydrogen-bond donors (Lipinski definition) is 0. The molecule has 0 radical (unpaired) electrons. The Hall–Kier alpha value is -2.78. The summed E-state index contributed by atoms with van der Waals surface area (Å²) in [4.78, 5) is 31.4. The lowest BCUT2D eigenvalue weighted by Gasteiger charge is -2.55. The number of morpholine rings is 2. The largest absolute Gasteiger partial charge is 0.425 e. The molecule has 8 nitrogen and oxygen atoms in total. The lowest BCUT2D eigenvalue weighted by molar-refractivity contribution is -0.230. The van der Waals surface area contributed by atoms with Crippen molar-refractivity contribution in [1.29, 1.82) is 0 Å². The lowest BCUT2D eigenvalue weighted by Crippen LogP contribution is -2.67. The van der Waals surface area contributed by atoms with E-state index in [2.05, 4.69) is 98.1 Å². The number of para-hydroxylation sites is 1. The number of rotatable bonds is 10. The Labute approximate surface area is 289 Å². The quantitative estimate of drug-likeness (QED) is 0.198. The summed E-state index contributed by atoms with van der Waals surface area (Å²) >= 11 is 0. The maximum Gasteiger partial charge on any atom is 0.325 e. The maximum atomic E-state index is 13.7. The van der Waals surface area contributed by atoms with E-state index in [0.29, 0.717) is 17.9 Å². The van der Waals surface area contributed by atoms with Gasteiger partial charge in [-0.1, -0.05) is 44.2 Å². The van der Waals surface area contributed by atoms with E-state index in [4.69, 9.17) is 18.9 Å². The van der Waals surface area contributed by atoms with E-state index >= 15 is 0 Å². The molecule has 0 aromatic heterocycles. The van der Waals surface area contributed by atoms with Gasteiger partial charge in [-0.25, -0.2) is 0 Å². The Kier molecular flexibility index (Phi) is 11.9. The summed E-state index contributed by atoms with van der Waals surface area (Å²) in [6, 6.07) is 10.2. The molecule has 0 N–H and O–H groups in total. The van der Waals surface area contributed by atoms with Crippen LogP contribution in [0, 0.1) is 13.8 Å². The molecule has 0 bridgehead atoms. The molecule has 2 saturated heterocycles. The fourth-order valence-corrected chi connectivity index (χ4v) is 7.59. The van der Waals surface area contributed by atoms with Crippen LogP contribution in [0.5, 0.6) is 11.5 Å². The van der Waals surface area contributed by atoms with Crippen molar-refractivity contribution in [3.63, 3.8) is 0 Å². The molecule has 2 heterocycles. The molecule has 0 amide bonds. The minimum absolute atomic E-state index is 0.0333. The van der Waals surface area contributed by atoms with Gasteiger partial charge in [0.1, 0.15) is 11.5 Å². The van der Waals surface area contributed by atoms with Gasteiger partial charge in [-0.05, 0) is 117 Å². The van der Waals surface area contributed by atoms with Crippen LogP contribution >= 0.6 is 0 Å². The zero-order valence-electron chi connectivity index (χ0n) is 31.7. The predicted molar refractivity (Wildman–Crippen MR) is 191 cm³/mol. The van der Waals surface area contributed by atoms with Crippen LogP contribution in [0.4, 0.5) is 0 Å². The zero-order valence-corrected chi connectivity index (χ0v) is 31.7. The first-order valence-electron chi connectivity index (χ1n) is 17.9. The minimum Gasteiger partial charge on any atom is -0.425 e. The normalized spacial score (nSPS) is 27.4.